The van der Waals surface area contributed by atoms with Crippen LogP contribution in [0.3, 0.4) is 0 Å². The Kier molecular flexibility index (Phi) is 5.65. The summed E-state index contributed by atoms with van der Waals surface area (Å²) in [5.74, 6) is 0.354. The Bertz CT molecular complexity index is 348. The predicted molar refractivity (Wildman–Crippen MR) is 60.4 cm³/mol. The lowest BCUT2D eigenvalue weighted by molar-refractivity contribution is -0.0518. The summed E-state index contributed by atoms with van der Waals surface area (Å²) < 4.78 is 34.0. The minimum absolute atomic E-state index is 0.0644. The van der Waals surface area contributed by atoms with Crippen LogP contribution in [0.4, 0.5) is 8.78 Å². The van der Waals surface area contributed by atoms with Crippen LogP contribution in [0.1, 0.15) is 5.56 Å². The van der Waals surface area contributed by atoms with Crippen LogP contribution in [-0.2, 0) is 6.54 Å². The Morgan fingerprint density at radius 1 is 1.41 bits per heavy atom. The number of benzene rings is 1. The number of hydrogen-bond acceptors (Lipinski definition) is 4. The van der Waals surface area contributed by atoms with Gasteiger partial charge in [0.1, 0.15) is 0 Å². The van der Waals surface area contributed by atoms with Gasteiger partial charge in [-0.2, -0.15) is 8.78 Å². The summed E-state index contributed by atoms with van der Waals surface area (Å²) in [5.41, 5.74) is 5.94. The molecule has 3 N–H and O–H groups in total. The van der Waals surface area contributed by atoms with Crippen molar-refractivity contribution in [3.63, 3.8) is 0 Å². The van der Waals surface area contributed by atoms with E-state index in [-0.39, 0.29) is 11.5 Å². The van der Waals surface area contributed by atoms with E-state index in [0.29, 0.717) is 25.2 Å². The highest BCUT2D eigenvalue weighted by molar-refractivity contribution is 5.46. The van der Waals surface area contributed by atoms with Crippen molar-refractivity contribution in [1.82, 2.24) is 5.32 Å². The minimum atomic E-state index is -2.88. The Morgan fingerprint density at radius 3 is 2.76 bits per heavy atom. The number of halogens is 2. The first-order valence-electron chi connectivity index (χ1n) is 5.20. The molecular formula is C11H16F2N2O2. The second-order valence-corrected chi connectivity index (χ2v) is 3.29. The van der Waals surface area contributed by atoms with Gasteiger partial charge in [-0.1, -0.05) is 12.1 Å². The van der Waals surface area contributed by atoms with Crippen LogP contribution in [0, 0.1) is 0 Å². The number of hydrogen-bond donors (Lipinski definition) is 2. The third-order valence-electron chi connectivity index (χ3n) is 2.12. The molecule has 0 saturated heterocycles. The molecule has 1 rings (SSSR count). The smallest absolute Gasteiger partial charge is 0.387 e. The zero-order valence-corrected chi connectivity index (χ0v) is 9.58. The lowest BCUT2D eigenvalue weighted by Crippen LogP contribution is -2.22. The number of methoxy groups -OCH3 is 1. The highest BCUT2D eigenvalue weighted by Gasteiger charge is 2.14. The molecule has 4 nitrogen and oxygen atoms in total. The van der Waals surface area contributed by atoms with Gasteiger partial charge in [-0.05, 0) is 6.07 Å². The first-order chi connectivity index (χ1) is 8.19. The minimum Gasteiger partial charge on any atom is -0.493 e. The molecule has 96 valence electrons. The van der Waals surface area contributed by atoms with Crippen molar-refractivity contribution in [1.29, 1.82) is 0 Å². The molecule has 0 atom stereocenters. The van der Waals surface area contributed by atoms with E-state index in [4.69, 9.17) is 10.5 Å². The van der Waals surface area contributed by atoms with Crippen molar-refractivity contribution < 1.29 is 18.3 Å². The highest BCUT2D eigenvalue weighted by atomic mass is 19.3. The second-order valence-electron chi connectivity index (χ2n) is 3.29. The molecule has 1 aromatic rings. The molecule has 0 fully saturated rings. The van der Waals surface area contributed by atoms with Crippen molar-refractivity contribution in [2.45, 2.75) is 13.2 Å². The van der Waals surface area contributed by atoms with Crippen LogP contribution in [-0.4, -0.2) is 26.8 Å². The lowest BCUT2D eigenvalue weighted by atomic mass is 10.2. The maximum absolute atomic E-state index is 12.3. The molecule has 0 aliphatic rings. The summed E-state index contributed by atoms with van der Waals surface area (Å²) in [4.78, 5) is 0. The molecule has 0 aromatic heterocycles. The van der Waals surface area contributed by atoms with Crippen molar-refractivity contribution in [3.8, 4) is 11.5 Å². The summed E-state index contributed by atoms with van der Waals surface area (Å²) >= 11 is 0. The first-order valence-corrected chi connectivity index (χ1v) is 5.20. The Hall–Kier alpha value is -1.40. The predicted octanol–water partition coefficient (Wildman–Crippen LogP) is 1.34. The molecule has 17 heavy (non-hydrogen) atoms. The largest absolute Gasteiger partial charge is 0.493 e. The average Bonchev–Trinajstić information content (AvgIpc) is 2.30. The monoisotopic (exact) mass is 246 g/mol. The molecule has 0 heterocycles. The average molecular weight is 246 g/mol. The van der Waals surface area contributed by atoms with Gasteiger partial charge in [0.2, 0.25) is 0 Å². The molecule has 1 aromatic carbocycles. The maximum atomic E-state index is 12.3. The van der Waals surface area contributed by atoms with Gasteiger partial charge < -0.3 is 20.5 Å². The standard InChI is InChI=1S/C11H16F2N2O2/c1-16-9-4-2-3-8(7-15-6-5-14)10(9)17-11(12)13/h2-4,11,15H,5-7,14H2,1H3. The Morgan fingerprint density at radius 2 is 2.18 bits per heavy atom. The van der Waals surface area contributed by atoms with Gasteiger partial charge in [0.15, 0.2) is 11.5 Å². The van der Waals surface area contributed by atoms with Crippen LogP contribution >= 0.6 is 0 Å². The van der Waals surface area contributed by atoms with Crippen LogP contribution in [0.2, 0.25) is 0 Å². The maximum Gasteiger partial charge on any atom is 0.387 e. The van der Waals surface area contributed by atoms with Crippen molar-refractivity contribution >= 4 is 0 Å². The summed E-state index contributed by atoms with van der Waals surface area (Å²) in [6, 6.07) is 4.99. The summed E-state index contributed by atoms with van der Waals surface area (Å²) in [5, 5.41) is 3.01. The number of alkyl halides is 2. The number of nitrogens with one attached hydrogen (secondary N) is 1. The molecule has 0 spiro atoms. The van der Waals surface area contributed by atoms with E-state index in [1.165, 1.54) is 7.11 Å². The fourth-order valence-electron chi connectivity index (χ4n) is 1.41. The first kappa shape index (κ1) is 13.7. The Labute approximate surface area is 98.7 Å². The van der Waals surface area contributed by atoms with Crippen LogP contribution < -0.4 is 20.5 Å². The van der Waals surface area contributed by atoms with Gasteiger partial charge in [0.25, 0.3) is 0 Å². The van der Waals surface area contributed by atoms with Crippen LogP contribution in [0.25, 0.3) is 0 Å². The SMILES string of the molecule is COc1cccc(CNCCN)c1OC(F)F. The van der Waals surface area contributed by atoms with Gasteiger partial charge in [0.05, 0.1) is 7.11 Å². The van der Waals surface area contributed by atoms with E-state index in [2.05, 4.69) is 10.1 Å². The molecule has 0 saturated carbocycles. The number of ether oxygens (including phenoxy) is 2. The van der Waals surface area contributed by atoms with Gasteiger partial charge in [-0.3, -0.25) is 0 Å². The van der Waals surface area contributed by atoms with Crippen LogP contribution in [0.15, 0.2) is 18.2 Å². The van der Waals surface area contributed by atoms with E-state index >= 15 is 0 Å². The number of rotatable bonds is 7. The van der Waals surface area contributed by atoms with Crippen LogP contribution in [0.5, 0.6) is 11.5 Å². The van der Waals surface area contributed by atoms with E-state index in [0.717, 1.165) is 0 Å². The van der Waals surface area contributed by atoms with E-state index < -0.39 is 6.61 Å². The van der Waals surface area contributed by atoms with E-state index in [1.807, 2.05) is 0 Å². The summed E-state index contributed by atoms with van der Waals surface area (Å²) in [7, 11) is 1.41. The molecule has 0 aliphatic heterocycles. The quantitative estimate of drug-likeness (QED) is 0.713. The molecule has 0 aliphatic carbocycles. The Balaban J connectivity index is 2.85. The molecule has 0 radical (unpaired) electrons. The van der Waals surface area contributed by atoms with Gasteiger partial charge in [-0.15, -0.1) is 0 Å². The normalized spacial score (nSPS) is 10.6. The highest BCUT2D eigenvalue weighted by Crippen LogP contribution is 2.32. The van der Waals surface area contributed by atoms with Gasteiger partial charge >= 0.3 is 6.61 Å². The molecule has 0 amide bonds. The number of para-hydroxylation sites is 1. The summed E-state index contributed by atoms with van der Waals surface area (Å²) in [6.07, 6.45) is 0. The zero-order valence-electron chi connectivity index (χ0n) is 9.58. The zero-order chi connectivity index (χ0) is 12.7. The van der Waals surface area contributed by atoms with Crippen molar-refractivity contribution in [2.75, 3.05) is 20.2 Å². The second kappa shape index (κ2) is 7.03. The van der Waals surface area contributed by atoms with Gasteiger partial charge in [-0.25, -0.2) is 0 Å². The number of nitrogens with two attached hydrogens (primary N) is 1. The fraction of sp³-hybridized carbons (Fsp3) is 0.455. The van der Waals surface area contributed by atoms with Gasteiger partial charge in [0, 0.05) is 25.2 Å². The van der Waals surface area contributed by atoms with Crippen molar-refractivity contribution in [2.24, 2.45) is 5.73 Å². The topological polar surface area (TPSA) is 56.5 Å². The van der Waals surface area contributed by atoms with E-state index in [1.54, 1.807) is 18.2 Å². The summed E-state index contributed by atoms with van der Waals surface area (Å²) in [6.45, 7) is -1.39. The molecular weight excluding hydrogens is 230 g/mol. The third kappa shape index (κ3) is 4.16. The lowest BCUT2D eigenvalue weighted by Gasteiger charge is -2.14. The van der Waals surface area contributed by atoms with E-state index in [9.17, 15) is 8.78 Å². The fourth-order valence-corrected chi connectivity index (χ4v) is 1.41. The molecule has 0 unspecified atom stereocenters. The van der Waals surface area contributed by atoms with Crippen molar-refractivity contribution in [3.05, 3.63) is 23.8 Å². The molecule has 6 heteroatoms. The third-order valence-corrected chi connectivity index (χ3v) is 2.12. The molecule has 0 bridgehead atoms.